The molecular formula is C27H38N2Si. The van der Waals surface area contributed by atoms with Gasteiger partial charge < -0.3 is 5.32 Å². The Kier molecular flexibility index (Phi) is 8.96. The number of hydrogen-bond acceptors (Lipinski definition) is 2. The molecule has 0 aliphatic rings. The van der Waals surface area contributed by atoms with Crippen LogP contribution in [0.3, 0.4) is 0 Å². The quantitative estimate of drug-likeness (QED) is 0.416. The first-order chi connectivity index (χ1) is 14.2. The average molecular weight is 419 g/mol. The maximum absolute atomic E-state index is 3.70. The predicted octanol–water partition coefficient (Wildman–Crippen LogP) is 5.68. The maximum Gasteiger partial charge on any atom is 0.101 e. The standard InChI is InChI=1S/C27H38N2Si/c1-7-29(20-13-9-12-19-27(2,3)4)22-24-15-14-16-25(21-24)28-23-30(5,6)26-17-10-8-11-18-26/h8-11,13-18,21,28H,7,20,22-23H2,1-6H3/b13-9+. The molecule has 0 atom stereocenters. The molecule has 160 valence electrons. The highest BCUT2D eigenvalue weighted by Gasteiger charge is 2.22. The van der Waals surface area contributed by atoms with Crippen LogP contribution in [0.2, 0.25) is 13.1 Å². The van der Waals surface area contributed by atoms with E-state index in [1.807, 2.05) is 6.08 Å². The Morgan fingerprint density at radius 1 is 1.03 bits per heavy atom. The Morgan fingerprint density at radius 3 is 2.43 bits per heavy atom. The van der Waals surface area contributed by atoms with Crippen LogP contribution in [-0.4, -0.2) is 32.2 Å². The van der Waals surface area contributed by atoms with Crippen LogP contribution in [0, 0.1) is 17.3 Å². The third kappa shape index (κ3) is 8.61. The molecule has 1 N–H and O–H groups in total. The zero-order valence-corrected chi connectivity index (χ0v) is 20.6. The Balaban J connectivity index is 1.93. The smallest absolute Gasteiger partial charge is 0.101 e. The number of allylic oxidation sites excluding steroid dienone is 1. The van der Waals surface area contributed by atoms with Gasteiger partial charge in [0, 0.05) is 30.4 Å². The summed E-state index contributed by atoms with van der Waals surface area (Å²) in [5.74, 6) is 6.41. The molecule has 2 nitrogen and oxygen atoms in total. The van der Waals surface area contributed by atoms with Crippen LogP contribution in [0.15, 0.2) is 66.7 Å². The first kappa shape index (κ1) is 24.0. The van der Waals surface area contributed by atoms with Crippen molar-refractivity contribution in [1.29, 1.82) is 0 Å². The van der Waals surface area contributed by atoms with Crippen molar-refractivity contribution in [3.8, 4) is 11.8 Å². The van der Waals surface area contributed by atoms with Crippen molar-refractivity contribution in [2.24, 2.45) is 5.41 Å². The monoisotopic (exact) mass is 418 g/mol. The van der Waals surface area contributed by atoms with Gasteiger partial charge in [0.1, 0.15) is 8.07 Å². The fraction of sp³-hybridized carbons (Fsp3) is 0.407. The van der Waals surface area contributed by atoms with E-state index in [0.717, 1.165) is 25.8 Å². The Hall–Kier alpha value is -2.28. The van der Waals surface area contributed by atoms with Crippen LogP contribution < -0.4 is 10.5 Å². The summed E-state index contributed by atoms with van der Waals surface area (Å²) in [6.07, 6.45) is 5.19. The van der Waals surface area contributed by atoms with E-state index in [2.05, 4.69) is 124 Å². The topological polar surface area (TPSA) is 15.3 Å². The minimum atomic E-state index is -1.50. The number of rotatable bonds is 9. The lowest BCUT2D eigenvalue weighted by atomic mass is 9.98. The van der Waals surface area contributed by atoms with Crippen molar-refractivity contribution in [3.05, 3.63) is 72.3 Å². The van der Waals surface area contributed by atoms with Gasteiger partial charge in [0.15, 0.2) is 0 Å². The van der Waals surface area contributed by atoms with Crippen molar-refractivity contribution in [3.63, 3.8) is 0 Å². The summed E-state index contributed by atoms with van der Waals surface area (Å²) in [5.41, 5.74) is 2.61. The summed E-state index contributed by atoms with van der Waals surface area (Å²) >= 11 is 0. The maximum atomic E-state index is 3.70. The van der Waals surface area contributed by atoms with Gasteiger partial charge >= 0.3 is 0 Å². The van der Waals surface area contributed by atoms with E-state index in [0.29, 0.717) is 0 Å². The van der Waals surface area contributed by atoms with E-state index in [1.165, 1.54) is 16.4 Å². The van der Waals surface area contributed by atoms with Crippen LogP contribution in [0.25, 0.3) is 0 Å². The van der Waals surface area contributed by atoms with Gasteiger partial charge in [-0.25, -0.2) is 0 Å². The number of anilines is 1. The first-order valence-corrected chi connectivity index (χ1v) is 14.2. The molecular weight excluding hydrogens is 380 g/mol. The highest BCUT2D eigenvalue weighted by Crippen LogP contribution is 2.14. The van der Waals surface area contributed by atoms with Crippen LogP contribution in [-0.2, 0) is 6.54 Å². The summed E-state index contributed by atoms with van der Waals surface area (Å²) in [4.78, 5) is 2.43. The zero-order valence-electron chi connectivity index (χ0n) is 19.6. The summed E-state index contributed by atoms with van der Waals surface area (Å²) < 4.78 is 0. The van der Waals surface area contributed by atoms with E-state index in [1.54, 1.807) is 0 Å². The average Bonchev–Trinajstić information content (AvgIpc) is 2.71. The number of likely N-dealkylation sites (N-methyl/N-ethyl adjacent to an activating group) is 1. The fourth-order valence-electron chi connectivity index (χ4n) is 3.18. The van der Waals surface area contributed by atoms with E-state index < -0.39 is 8.07 Å². The highest BCUT2D eigenvalue weighted by molar-refractivity contribution is 6.90. The number of benzene rings is 2. The zero-order chi connectivity index (χ0) is 22.0. The molecule has 0 aliphatic heterocycles. The number of nitrogens with zero attached hydrogens (tertiary/aromatic N) is 1. The van der Waals surface area contributed by atoms with Crippen LogP contribution in [0.1, 0.15) is 33.3 Å². The second kappa shape index (κ2) is 11.2. The second-order valence-electron chi connectivity index (χ2n) is 9.55. The summed E-state index contributed by atoms with van der Waals surface area (Å²) in [6.45, 7) is 16.3. The minimum absolute atomic E-state index is 0.0557. The number of hydrogen-bond donors (Lipinski definition) is 1. The van der Waals surface area contributed by atoms with Gasteiger partial charge in [-0.2, -0.15) is 0 Å². The van der Waals surface area contributed by atoms with Gasteiger partial charge in [0.05, 0.1) is 0 Å². The number of nitrogens with one attached hydrogen (secondary N) is 1. The first-order valence-electron chi connectivity index (χ1n) is 11.0. The molecule has 0 aromatic heterocycles. The van der Waals surface area contributed by atoms with Crippen molar-refractivity contribution in [1.82, 2.24) is 4.90 Å². The molecule has 0 unspecified atom stereocenters. The van der Waals surface area contributed by atoms with Crippen LogP contribution >= 0.6 is 0 Å². The third-order valence-electron chi connectivity index (χ3n) is 5.08. The van der Waals surface area contributed by atoms with Gasteiger partial charge in [-0.3, -0.25) is 4.90 Å². The predicted molar refractivity (Wildman–Crippen MR) is 136 cm³/mol. The molecule has 3 heteroatoms. The molecule has 0 saturated carbocycles. The molecule has 0 fully saturated rings. The minimum Gasteiger partial charge on any atom is -0.388 e. The molecule has 2 aromatic carbocycles. The largest absolute Gasteiger partial charge is 0.388 e. The summed E-state index contributed by atoms with van der Waals surface area (Å²) in [5, 5.41) is 5.19. The van der Waals surface area contributed by atoms with E-state index in [4.69, 9.17) is 0 Å². The van der Waals surface area contributed by atoms with Gasteiger partial charge in [-0.05, 0) is 51.1 Å². The lowest BCUT2D eigenvalue weighted by Gasteiger charge is -2.24. The van der Waals surface area contributed by atoms with Gasteiger partial charge in [-0.15, -0.1) is 0 Å². The molecule has 0 radical (unpaired) electrons. The van der Waals surface area contributed by atoms with E-state index >= 15 is 0 Å². The molecule has 0 aliphatic carbocycles. The third-order valence-corrected chi connectivity index (χ3v) is 8.04. The molecule has 0 amide bonds. The molecule has 0 heterocycles. The normalized spacial score (nSPS) is 12.1. The SMILES string of the molecule is CCN(C/C=C/C#CC(C)(C)C)Cc1cccc(NC[Si](C)(C)c2ccccc2)c1. The van der Waals surface area contributed by atoms with E-state index in [9.17, 15) is 0 Å². The Bertz CT molecular complexity index is 867. The van der Waals surface area contributed by atoms with Gasteiger partial charge in [-0.1, -0.05) is 85.6 Å². The molecule has 2 rings (SSSR count). The molecule has 2 aromatic rings. The van der Waals surface area contributed by atoms with Crippen LogP contribution in [0.5, 0.6) is 0 Å². The molecule has 0 spiro atoms. The van der Waals surface area contributed by atoms with Crippen molar-refractivity contribution in [2.75, 3.05) is 24.6 Å². The van der Waals surface area contributed by atoms with Crippen molar-refractivity contribution in [2.45, 2.75) is 47.3 Å². The molecule has 0 saturated heterocycles. The lowest BCUT2D eigenvalue weighted by molar-refractivity contribution is 0.311. The van der Waals surface area contributed by atoms with Crippen LogP contribution in [0.4, 0.5) is 5.69 Å². The fourth-order valence-corrected chi connectivity index (χ4v) is 5.12. The van der Waals surface area contributed by atoms with E-state index in [-0.39, 0.29) is 5.41 Å². The second-order valence-corrected chi connectivity index (χ2v) is 14.3. The van der Waals surface area contributed by atoms with Gasteiger partial charge in [0.2, 0.25) is 0 Å². The molecule has 0 bridgehead atoms. The molecule has 30 heavy (non-hydrogen) atoms. The van der Waals surface area contributed by atoms with Gasteiger partial charge in [0.25, 0.3) is 0 Å². The Morgan fingerprint density at radius 2 is 1.77 bits per heavy atom. The summed E-state index contributed by atoms with van der Waals surface area (Å²) in [7, 11) is -1.50. The lowest BCUT2D eigenvalue weighted by Crippen LogP contribution is -2.48. The Labute approximate surface area is 185 Å². The van der Waals surface area contributed by atoms with Crippen molar-refractivity contribution >= 4 is 18.9 Å². The highest BCUT2D eigenvalue weighted by atomic mass is 28.3. The summed E-state index contributed by atoms with van der Waals surface area (Å²) in [6, 6.07) is 19.8. The van der Waals surface area contributed by atoms with Crippen molar-refractivity contribution < 1.29 is 0 Å².